The van der Waals surface area contributed by atoms with Gasteiger partial charge >= 0.3 is 0 Å². The van der Waals surface area contributed by atoms with Crippen molar-refractivity contribution in [1.82, 2.24) is 15.5 Å². The van der Waals surface area contributed by atoms with Gasteiger partial charge in [-0.15, -0.1) is 10.2 Å². The fourth-order valence-corrected chi connectivity index (χ4v) is 5.77. The predicted molar refractivity (Wildman–Crippen MR) is 148 cm³/mol. The molecule has 0 amide bonds. The molecular formula is C33H25N3O2. The van der Waals surface area contributed by atoms with E-state index >= 15 is 0 Å². The van der Waals surface area contributed by atoms with Gasteiger partial charge in [0.2, 0.25) is 11.7 Å². The molecule has 5 nitrogen and oxygen atoms in total. The predicted octanol–water partition coefficient (Wildman–Crippen LogP) is 5.06. The highest BCUT2D eigenvalue weighted by Crippen LogP contribution is 2.35. The smallest absolute Gasteiger partial charge is 0.284 e. The number of ketones is 1. The van der Waals surface area contributed by atoms with Crippen LogP contribution in [0.2, 0.25) is 0 Å². The Balaban J connectivity index is 1.36. The second-order valence-electron chi connectivity index (χ2n) is 9.81. The third-order valence-electron chi connectivity index (χ3n) is 7.60. The van der Waals surface area contributed by atoms with Gasteiger partial charge in [0.25, 0.3) is 5.89 Å². The van der Waals surface area contributed by atoms with Gasteiger partial charge in [-0.25, -0.2) is 0 Å². The first-order valence-corrected chi connectivity index (χ1v) is 12.9. The summed E-state index contributed by atoms with van der Waals surface area (Å²) >= 11 is 0. The molecule has 0 saturated carbocycles. The van der Waals surface area contributed by atoms with Crippen LogP contribution in [0.3, 0.4) is 0 Å². The Hall–Kier alpha value is -4.77. The second-order valence-corrected chi connectivity index (χ2v) is 9.81. The van der Waals surface area contributed by atoms with Gasteiger partial charge < -0.3 is 9.73 Å². The average Bonchev–Trinajstić information content (AvgIpc) is 3.32. The van der Waals surface area contributed by atoms with Crippen LogP contribution in [0.15, 0.2) is 107 Å². The summed E-state index contributed by atoms with van der Waals surface area (Å²) in [4.78, 5) is 13.8. The summed E-state index contributed by atoms with van der Waals surface area (Å²) in [5.74, 6) is -0.123. The third kappa shape index (κ3) is 3.84. The molecule has 3 aliphatic rings. The van der Waals surface area contributed by atoms with Crippen LogP contribution in [0.5, 0.6) is 0 Å². The van der Waals surface area contributed by atoms with Crippen LogP contribution in [0.4, 0.5) is 0 Å². The summed E-state index contributed by atoms with van der Waals surface area (Å²) in [5, 5.41) is 14.1. The summed E-state index contributed by atoms with van der Waals surface area (Å²) in [7, 11) is 0. The highest BCUT2D eigenvalue weighted by Gasteiger charge is 2.33. The number of allylic oxidation sites excluding steroid dienone is 5. The van der Waals surface area contributed by atoms with Gasteiger partial charge in [0.1, 0.15) is 0 Å². The van der Waals surface area contributed by atoms with Gasteiger partial charge in [-0.3, -0.25) is 4.79 Å². The first kappa shape index (κ1) is 22.4. The Labute approximate surface area is 220 Å². The maximum Gasteiger partial charge on any atom is 0.284 e. The SMILES string of the molecule is O=C(c1nnc(-c2ccccc2)o1)C1C=c2c(ccc3c2=CCc2ccccc2-3)C(C2=CC=CC=CN2)C1. The van der Waals surface area contributed by atoms with E-state index in [4.69, 9.17) is 4.42 Å². The van der Waals surface area contributed by atoms with Crippen LogP contribution in [0.25, 0.3) is 34.7 Å². The molecule has 7 rings (SSSR count). The van der Waals surface area contributed by atoms with E-state index in [9.17, 15) is 4.79 Å². The standard InChI is InChI=1S/C33H25N3O2/c37-31(33-36-35-32(38-33)22-10-3-1-4-11-22)23-19-28-26-15-14-21-9-6-7-12-24(21)25(26)16-17-27(28)29(20-23)30-13-5-2-8-18-34-30/h1-13,15-19,23,29,34H,14,20H2. The summed E-state index contributed by atoms with van der Waals surface area (Å²) in [6.07, 6.45) is 15.9. The quantitative estimate of drug-likeness (QED) is 0.401. The van der Waals surface area contributed by atoms with Crippen molar-refractivity contribution in [1.29, 1.82) is 0 Å². The number of aromatic nitrogens is 2. The summed E-state index contributed by atoms with van der Waals surface area (Å²) < 4.78 is 5.88. The molecule has 2 aliphatic carbocycles. The average molecular weight is 496 g/mol. The maximum atomic E-state index is 13.8. The molecule has 5 heteroatoms. The number of carbonyl (C=O) groups excluding carboxylic acids is 1. The normalized spacial score (nSPS) is 19.0. The number of Topliss-reactive ketones (excluding diaryl/α,β-unsaturated/α-hetero) is 1. The van der Waals surface area contributed by atoms with E-state index in [1.54, 1.807) is 0 Å². The summed E-state index contributed by atoms with van der Waals surface area (Å²) in [6.45, 7) is 0. The van der Waals surface area contributed by atoms with Gasteiger partial charge in [-0.05, 0) is 69.8 Å². The number of hydrogen-bond donors (Lipinski definition) is 1. The van der Waals surface area contributed by atoms with Crippen molar-refractivity contribution in [2.24, 2.45) is 5.92 Å². The van der Waals surface area contributed by atoms with Crippen LogP contribution in [0, 0.1) is 5.92 Å². The monoisotopic (exact) mass is 495 g/mol. The highest BCUT2D eigenvalue weighted by atomic mass is 16.4. The zero-order valence-electron chi connectivity index (χ0n) is 20.7. The van der Waals surface area contributed by atoms with E-state index in [1.807, 2.05) is 54.8 Å². The molecule has 0 saturated heterocycles. The lowest BCUT2D eigenvalue weighted by Crippen LogP contribution is -2.40. The Kier molecular flexibility index (Phi) is 5.47. The van der Waals surface area contributed by atoms with E-state index in [-0.39, 0.29) is 17.6 Å². The van der Waals surface area contributed by atoms with Crippen LogP contribution in [-0.2, 0) is 6.42 Å². The van der Waals surface area contributed by atoms with Crippen molar-refractivity contribution in [3.8, 4) is 22.6 Å². The van der Waals surface area contributed by atoms with E-state index in [0.29, 0.717) is 12.3 Å². The van der Waals surface area contributed by atoms with Crippen molar-refractivity contribution >= 4 is 17.9 Å². The van der Waals surface area contributed by atoms with Crippen LogP contribution in [-0.4, -0.2) is 16.0 Å². The number of nitrogens with one attached hydrogen (secondary N) is 1. The lowest BCUT2D eigenvalue weighted by molar-refractivity contribution is 0.0909. The molecular weight excluding hydrogens is 470 g/mol. The van der Waals surface area contributed by atoms with Gasteiger partial charge in [0, 0.05) is 29.3 Å². The molecule has 184 valence electrons. The van der Waals surface area contributed by atoms with Crippen molar-refractivity contribution in [3.63, 3.8) is 0 Å². The van der Waals surface area contributed by atoms with Gasteiger partial charge in [0.05, 0.1) is 0 Å². The van der Waals surface area contributed by atoms with Gasteiger partial charge in [-0.1, -0.05) is 78.9 Å². The first-order valence-electron chi connectivity index (χ1n) is 12.9. The maximum absolute atomic E-state index is 13.8. The number of hydrogen-bond acceptors (Lipinski definition) is 5. The van der Waals surface area contributed by atoms with Crippen molar-refractivity contribution < 1.29 is 9.21 Å². The minimum atomic E-state index is -0.396. The zero-order chi connectivity index (χ0) is 25.5. The number of carbonyl (C=O) groups is 1. The largest absolute Gasteiger partial charge is 0.414 e. The zero-order valence-corrected chi connectivity index (χ0v) is 20.7. The topological polar surface area (TPSA) is 68.0 Å². The lowest BCUT2D eigenvalue weighted by Gasteiger charge is -2.29. The summed E-state index contributed by atoms with van der Waals surface area (Å²) in [5.41, 5.74) is 6.87. The van der Waals surface area contributed by atoms with Crippen molar-refractivity contribution in [3.05, 3.63) is 130 Å². The second kappa shape index (κ2) is 9.27. The molecule has 0 fully saturated rings. The Morgan fingerprint density at radius 2 is 1.74 bits per heavy atom. The molecule has 38 heavy (non-hydrogen) atoms. The molecule has 2 atom stereocenters. The summed E-state index contributed by atoms with van der Waals surface area (Å²) in [6, 6.07) is 22.5. The molecule has 1 N–H and O–H groups in total. The molecule has 0 bridgehead atoms. The number of nitrogens with zero attached hydrogens (tertiary/aromatic N) is 2. The lowest BCUT2D eigenvalue weighted by atomic mass is 9.76. The van der Waals surface area contributed by atoms with Crippen LogP contribution in [0.1, 0.15) is 34.2 Å². The van der Waals surface area contributed by atoms with Gasteiger partial charge in [-0.2, -0.15) is 0 Å². The van der Waals surface area contributed by atoms with Crippen LogP contribution < -0.4 is 15.8 Å². The first-order chi connectivity index (χ1) is 18.8. The molecule has 2 heterocycles. The van der Waals surface area contributed by atoms with Crippen LogP contribution >= 0.6 is 0 Å². The molecule has 4 aromatic rings. The molecule has 1 aromatic heterocycles. The van der Waals surface area contributed by atoms with E-state index < -0.39 is 5.92 Å². The highest BCUT2D eigenvalue weighted by molar-refractivity contribution is 5.98. The molecule has 3 aromatic carbocycles. The Morgan fingerprint density at radius 3 is 2.66 bits per heavy atom. The van der Waals surface area contributed by atoms with E-state index in [0.717, 1.165) is 22.9 Å². The van der Waals surface area contributed by atoms with Crippen molar-refractivity contribution in [2.75, 3.05) is 0 Å². The fourth-order valence-electron chi connectivity index (χ4n) is 5.77. The molecule has 2 unspecified atom stereocenters. The van der Waals surface area contributed by atoms with E-state index in [2.05, 4.69) is 70.1 Å². The van der Waals surface area contributed by atoms with Gasteiger partial charge in [0.15, 0.2) is 0 Å². The molecule has 1 aliphatic heterocycles. The minimum absolute atomic E-state index is 0.0173. The Morgan fingerprint density at radius 1 is 0.868 bits per heavy atom. The Bertz CT molecular complexity index is 1780. The number of benzene rings is 3. The van der Waals surface area contributed by atoms with E-state index in [1.165, 1.54) is 27.5 Å². The molecule has 0 spiro atoms. The number of rotatable bonds is 4. The minimum Gasteiger partial charge on any atom is -0.414 e. The third-order valence-corrected chi connectivity index (χ3v) is 7.60. The van der Waals surface area contributed by atoms with Crippen molar-refractivity contribution in [2.45, 2.75) is 18.8 Å². The number of fused-ring (bicyclic) bond motifs is 5. The fraction of sp³-hybridized carbons (Fsp3) is 0.121. The molecule has 0 radical (unpaired) electrons.